The highest BCUT2D eigenvalue weighted by Crippen LogP contribution is 2.19. The number of nitrogens with zero attached hydrogens (tertiary/aromatic N) is 2. The summed E-state index contributed by atoms with van der Waals surface area (Å²) in [7, 11) is 5.15. The number of nitrogens with one attached hydrogen (secondary N) is 1. The molecule has 0 aromatic heterocycles. The number of hydrogen-bond acceptors (Lipinski definition) is 4. The predicted molar refractivity (Wildman–Crippen MR) is 93.2 cm³/mol. The second kappa shape index (κ2) is 8.68. The summed E-state index contributed by atoms with van der Waals surface area (Å²) in [5.41, 5.74) is 0.543. The lowest BCUT2D eigenvalue weighted by Gasteiger charge is -2.26. The predicted octanol–water partition coefficient (Wildman–Crippen LogP) is 1.37. The molecule has 0 aliphatic carbocycles. The fourth-order valence-corrected chi connectivity index (χ4v) is 3.08. The number of methoxy groups -OCH3 is 1. The summed E-state index contributed by atoms with van der Waals surface area (Å²) in [6.07, 6.45) is 2.79. The fourth-order valence-electron chi connectivity index (χ4n) is 3.08. The number of hydrogen-bond donors (Lipinski definition) is 1. The van der Waals surface area contributed by atoms with E-state index < -0.39 is 0 Å². The van der Waals surface area contributed by atoms with Crippen LogP contribution in [0.1, 0.15) is 29.6 Å². The fraction of sp³-hybridized carbons (Fsp3) is 0.556. The Morgan fingerprint density at radius 1 is 1.33 bits per heavy atom. The van der Waals surface area contributed by atoms with E-state index in [0.29, 0.717) is 17.9 Å². The van der Waals surface area contributed by atoms with E-state index in [0.717, 1.165) is 32.4 Å². The Kier molecular flexibility index (Phi) is 6.61. The van der Waals surface area contributed by atoms with Gasteiger partial charge in [0.25, 0.3) is 5.91 Å². The number of carbonyl (C=O) groups excluding carboxylic acids is 2. The first kappa shape index (κ1) is 18.3. The lowest BCUT2D eigenvalue weighted by atomic mass is 10.2. The van der Waals surface area contributed by atoms with Crippen LogP contribution in [0.3, 0.4) is 0 Å². The maximum absolute atomic E-state index is 12.2. The monoisotopic (exact) mass is 333 g/mol. The average molecular weight is 333 g/mol. The Morgan fingerprint density at radius 2 is 2.08 bits per heavy atom. The van der Waals surface area contributed by atoms with Gasteiger partial charge >= 0.3 is 0 Å². The van der Waals surface area contributed by atoms with Crippen molar-refractivity contribution < 1.29 is 14.3 Å². The van der Waals surface area contributed by atoms with Gasteiger partial charge in [-0.2, -0.15) is 0 Å². The molecule has 1 aromatic carbocycles. The molecule has 1 atom stereocenters. The summed E-state index contributed by atoms with van der Waals surface area (Å²) in [5.74, 6) is 0.617. The highest BCUT2D eigenvalue weighted by molar-refractivity contribution is 5.96. The number of para-hydroxylation sites is 1. The molecule has 1 N–H and O–H groups in total. The first-order chi connectivity index (χ1) is 11.5. The van der Waals surface area contributed by atoms with E-state index in [9.17, 15) is 9.59 Å². The maximum Gasteiger partial charge on any atom is 0.255 e. The van der Waals surface area contributed by atoms with Crippen LogP contribution in [0.2, 0.25) is 0 Å². The van der Waals surface area contributed by atoms with Gasteiger partial charge < -0.3 is 15.0 Å². The molecule has 0 spiro atoms. The van der Waals surface area contributed by atoms with E-state index in [2.05, 4.69) is 10.2 Å². The normalized spacial score (nSPS) is 17.5. The van der Waals surface area contributed by atoms with Crippen molar-refractivity contribution in [3.8, 4) is 5.75 Å². The quantitative estimate of drug-likeness (QED) is 0.766. The molecule has 6 nitrogen and oxygen atoms in total. The van der Waals surface area contributed by atoms with E-state index in [1.54, 1.807) is 38.2 Å². The molecule has 132 valence electrons. The van der Waals surface area contributed by atoms with Gasteiger partial charge in [0.15, 0.2) is 0 Å². The smallest absolute Gasteiger partial charge is 0.255 e. The van der Waals surface area contributed by atoms with E-state index in [-0.39, 0.29) is 17.9 Å². The van der Waals surface area contributed by atoms with E-state index >= 15 is 0 Å². The van der Waals surface area contributed by atoms with Gasteiger partial charge in [-0.05, 0) is 37.9 Å². The van der Waals surface area contributed by atoms with E-state index in [1.165, 1.54) is 0 Å². The van der Waals surface area contributed by atoms with Crippen LogP contribution in [0.5, 0.6) is 5.75 Å². The van der Waals surface area contributed by atoms with Crippen molar-refractivity contribution >= 4 is 11.8 Å². The van der Waals surface area contributed by atoms with Crippen LogP contribution in [-0.2, 0) is 4.79 Å². The molecule has 2 amide bonds. The topological polar surface area (TPSA) is 61.9 Å². The lowest BCUT2D eigenvalue weighted by molar-refractivity contribution is -0.133. The maximum atomic E-state index is 12.2. The zero-order valence-electron chi connectivity index (χ0n) is 14.7. The van der Waals surface area contributed by atoms with Crippen molar-refractivity contribution in [1.29, 1.82) is 0 Å². The Bertz CT molecular complexity index is 574. The van der Waals surface area contributed by atoms with Crippen LogP contribution in [0.25, 0.3) is 0 Å². The third-order valence-corrected chi connectivity index (χ3v) is 4.35. The molecule has 0 bridgehead atoms. The zero-order valence-corrected chi connectivity index (χ0v) is 14.7. The van der Waals surface area contributed by atoms with Crippen molar-refractivity contribution in [3.63, 3.8) is 0 Å². The second-order valence-corrected chi connectivity index (χ2v) is 6.24. The SMILES string of the molecule is COc1ccccc1C(=O)NCCCN1CCC[C@@H]1C(=O)N(C)C. The van der Waals surface area contributed by atoms with Gasteiger partial charge in [0.1, 0.15) is 5.75 Å². The van der Waals surface area contributed by atoms with E-state index in [4.69, 9.17) is 4.74 Å². The minimum absolute atomic E-state index is 0.00933. The molecular weight excluding hydrogens is 306 g/mol. The van der Waals surface area contributed by atoms with Crippen LogP contribution in [0, 0.1) is 0 Å². The van der Waals surface area contributed by atoms with Gasteiger partial charge in [-0.15, -0.1) is 0 Å². The summed E-state index contributed by atoms with van der Waals surface area (Å²) in [4.78, 5) is 28.2. The molecule has 1 aromatic rings. The molecule has 1 aliphatic rings. The zero-order chi connectivity index (χ0) is 17.5. The van der Waals surface area contributed by atoms with Crippen molar-refractivity contribution in [1.82, 2.24) is 15.1 Å². The Hall–Kier alpha value is -2.08. The lowest BCUT2D eigenvalue weighted by Crippen LogP contribution is -2.43. The molecule has 1 saturated heterocycles. The van der Waals surface area contributed by atoms with Crippen molar-refractivity contribution in [3.05, 3.63) is 29.8 Å². The molecule has 0 unspecified atom stereocenters. The molecular formula is C18H27N3O3. The summed E-state index contributed by atoms with van der Waals surface area (Å²) in [5, 5.41) is 2.92. The minimum Gasteiger partial charge on any atom is -0.496 e. The van der Waals surface area contributed by atoms with Gasteiger partial charge in [0, 0.05) is 27.2 Å². The number of benzene rings is 1. The molecule has 6 heteroatoms. The molecule has 0 saturated carbocycles. The van der Waals surface area contributed by atoms with Crippen molar-refractivity contribution in [2.75, 3.05) is 40.8 Å². The first-order valence-corrected chi connectivity index (χ1v) is 8.41. The summed E-state index contributed by atoms with van der Waals surface area (Å²) in [6.45, 7) is 2.34. The summed E-state index contributed by atoms with van der Waals surface area (Å²) >= 11 is 0. The van der Waals surface area contributed by atoms with Crippen LogP contribution in [0.15, 0.2) is 24.3 Å². The number of amides is 2. The number of likely N-dealkylation sites (N-methyl/N-ethyl adjacent to an activating group) is 1. The van der Waals surface area contributed by atoms with Gasteiger partial charge in [-0.25, -0.2) is 0 Å². The Morgan fingerprint density at radius 3 is 2.79 bits per heavy atom. The van der Waals surface area contributed by atoms with Crippen LogP contribution >= 0.6 is 0 Å². The van der Waals surface area contributed by atoms with E-state index in [1.807, 2.05) is 12.1 Å². The number of rotatable bonds is 7. The molecule has 0 radical (unpaired) electrons. The van der Waals surface area contributed by atoms with Gasteiger partial charge in [0.05, 0.1) is 18.7 Å². The van der Waals surface area contributed by atoms with Crippen LogP contribution < -0.4 is 10.1 Å². The number of carbonyl (C=O) groups is 2. The van der Waals surface area contributed by atoms with Gasteiger partial charge in [-0.1, -0.05) is 12.1 Å². The largest absolute Gasteiger partial charge is 0.496 e. The molecule has 2 rings (SSSR count). The number of likely N-dealkylation sites (tertiary alicyclic amines) is 1. The highest BCUT2D eigenvalue weighted by atomic mass is 16.5. The standard InChI is InChI=1S/C18H27N3O3/c1-20(2)18(23)15-9-6-12-21(15)13-7-11-19-17(22)14-8-4-5-10-16(14)24-3/h4-5,8,10,15H,6-7,9,11-13H2,1-3H3,(H,19,22)/t15-/m1/s1. The molecule has 1 aliphatic heterocycles. The molecule has 1 heterocycles. The Labute approximate surface area is 143 Å². The van der Waals surface area contributed by atoms with Crippen LogP contribution in [-0.4, -0.2) is 68.5 Å². The van der Waals surface area contributed by atoms with Crippen LogP contribution in [0.4, 0.5) is 0 Å². The number of ether oxygens (including phenoxy) is 1. The summed E-state index contributed by atoms with van der Waals surface area (Å²) < 4.78 is 5.21. The minimum atomic E-state index is -0.130. The van der Waals surface area contributed by atoms with Gasteiger partial charge in [0.2, 0.25) is 5.91 Å². The van der Waals surface area contributed by atoms with Crippen molar-refractivity contribution in [2.24, 2.45) is 0 Å². The first-order valence-electron chi connectivity index (χ1n) is 8.41. The third-order valence-electron chi connectivity index (χ3n) is 4.35. The second-order valence-electron chi connectivity index (χ2n) is 6.24. The van der Waals surface area contributed by atoms with Crippen molar-refractivity contribution in [2.45, 2.75) is 25.3 Å². The Balaban J connectivity index is 1.78. The average Bonchev–Trinajstić information content (AvgIpc) is 3.06. The molecule has 24 heavy (non-hydrogen) atoms. The summed E-state index contributed by atoms with van der Waals surface area (Å²) in [6, 6.07) is 7.17. The third kappa shape index (κ3) is 4.47. The highest BCUT2D eigenvalue weighted by Gasteiger charge is 2.30. The van der Waals surface area contributed by atoms with Gasteiger partial charge in [-0.3, -0.25) is 14.5 Å². The molecule has 1 fully saturated rings.